The van der Waals surface area contributed by atoms with Crippen LogP contribution in [0.1, 0.15) is 17.1 Å². The predicted octanol–water partition coefficient (Wildman–Crippen LogP) is 1.52. The average molecular weight is 309 g/mol. The highest BCUT2D eigenvalue weighted by Gasteiger charge is 2.26. The van der Waals surface area contributed by atoms with Gasteiger partial charge in [-0.15, -0.1) is 0 Å². The van der Waals surface area contributed by atoms with Crippen molar-refractivity contribution in [2.75, 3.05) is 14.1 Å². The molecule has 0 unspecified atom stereocenters. The standard InChI is InChI=1S/C14H19N3O3S/c1-11-14(7-13(20-11)9-15-2)21(18,19)17(3)10-12-5-4-6-16-8-12/h4-8,15H,9-10H2,1-3H3. The van der Waals surface area contributed by atoms with Gasteiger partial charge in [0.2, 0.25) is 10.0 Å². The molecule has 0 saturated carbocycles. The zero-order valence-corrected chi connectivity index (χ0v) is 13.1. The second-order valence-corrected chi connectivity index (χ2v) is 6.80. The molecule has 6 nitrogen and oxygen atoms in total. The van der Waals surface area contributed by atoms with E-state index in [0.29, 0.717) is 18.1 Å². The predicted molar refractivity (Wildman–Crippen MR) is 79.1 cm³/mol. The number of nitrogens with zero attached hydrogens (tertiary/aromatic N) is 2. The third kappa shape index (κ3) is 3.49. The minimum absolute atomic E-state index is 0.208. The highest BCUT2D eigenvalue weighted by atomic mass is 32.2. The first-order chi connectivity index (χ1) is 9.95. The van der Waals surface area contributed by atoms with Gasteiger partial charge in [-0.25, -0.2) is 8.42 Å². The second-order valence-electron chi connectivity index (χ2n) is 4.79. The van der Waals surface area contributed by atoms with Crippen molar-refractivity contribution in [3.63, 3.8) is 0 Å². The summed E-state index contributed by atoms with van der Waals surface area (Å²) in [6, 6.07) is 5.19. The molecule has 0 amide bonds. The molecule has 0 aliphatic heterocycles. The summed E-state index contributed by atoms with van der Waals surface area (Å²) in [5.41, 5.74) is 0.833. The van der Waals surface area contributed by atoms with E-state index in [2.05, 4.69) is 10.3 Å². The number of hydrogen-bond donors (Lipinski definition) is 1. The fraction of sp³-hybridized carbons (Fsp3) is 0.357. The molecule has 2 heterocycles. The summed E-state index contributed by atoms with van der Waals surface area (Å²) in [6.07, 6.45) is 3.31. The van der Waals surface area contributed by atoms with Crippen LogP contribution in [0.2, 0.25) is 0 Å². The van der Waals surface area contributed by atoms with Crippen LogP contribution in [-0.4, -0.2) is 31.8 Å². The van der Waals surface area contributed by atoms with Crippen molar-refractivity contribution < 1.29 is 12.8 Å². The molecule has 0 aromatic carbocycles. The Bertz CT molecular complexity index is 696. The Morgan fingerprint density at radius 2 is 2.19 bits per heavy atom. The lowest BCUT2D eigenvalue weighted by Gasteiger charge is -2.16. The Morgan fingerprint density at radius 3 is 2.81 bits per heavy atom. The molecular weight excluding hydrogens is 290 g/mol. The van der Waals surface area contributed by atoms with Gasteiger partial charge in [0.25, 0.3) is 0 Å². The Hall–Kier alpha value is -1.70. The molecule has 21 heavy (non-hydrogen) atoms. The van der Waals surface area contributed by atoms with Crippen LogP contribution in [0, 0.1) is 6.92 Å². The molecule has 0 radical (unpaired) electrons. The summed E-state index contributed by atoms with van der Waals surface area (Å²) in [7, 11) is -0.255. The summed E-state index contributed by atoms with van der Waals surface area (Å²) >= 11 is 0. The van der Waals surface area contributed by atoms with E-state index < -0.39 is 10.0 Å². The smallest absolute Gasteiger partial charge is 0.246 e. The number of rotatable bonds is 6. The molecule has 0 fully saturated rings. The number of furan rings is 1. The van der Waals surface area contributed by atoms with Crippen LogP contribution < -0.4 is 5.32 Å². The number of aryl methyl sites for hydroxylation is 1. The molecule has 0 aliphatic rings. The monoisotopic (exact) mass is 309 g/mol. The molecule has 2 aromatic rings. The van der Waals surface area contributed by atoms with Crippen LogP contribution in [0.15, 0.2) is 39.9 Å². The Morgan fingerprint density at radius 1 is 1.43 bits per heavy atom. The zero-order chi connectivity index (χ0) is 15.5. The van der Waals surface area contributed by atoms with E-state index in [1.54, 1.807) is 45.5 Å². The maximum absolute atomic E-state index is 12.6. The maximum atomic E-state index is 12.6. The van der Waals surface area contributed by atoms with E-state index in [9.17, 15) is 8.42 Å². The largest absolute Gasteiger partial charge is 0.464 e. The summed E-state index contributed by atoms with van der Waals surface area (Å²) in [6.45, 7) is 2.41. The lowest BCUT2D eigenvalue weighted by molar-refractivity contribution is 0.452. The summed E-state index contributed by atoms with van der Waals surface area (Å²) < 4.78 is 32.0. The van der Waals surface area contributed by atoms with Gasteiger partial charge in [-0.1, -0.05) is 6.07 Å². The first-order valence-electron chi connectivity index (χ1n) is 6.54. The van der Waals surface area contributed by atoms with Crippen LogP contribution >= 0.6 is 0 Å². The minimum Gasteiger partial charge on any atom is -0.464 e. The van der Waals surface area contributed by atoms with E-state index in [0.717, 1.165) is 5.56 Å². The van der Waals surface area contributed by atoms with Crippen LogP contribution in [0.25, 0.3) is 0 Å². The molecule has 0 bridgehead atoms. The number of nitrogens with one attached hydrogen (secondary N) is 1. The van der Waals surface area contributed by atoms with Gasteiger partial charge >= 0.3 is 0 Å². The number of aromatic nitrogens is 1. The minimum atomic E-state index is -3.58. The van der Waals surface area contributed by atoms with Gasteiger partial charge in [0.05, 0.1) is 6.54 Å². The summed E-state index contributed by atoms with van der Waals surface area (Å²) in [5, 5.41) is 2.93. The van der Waals surface area contributed by atoms with Crippen LogP contribution in [-0.2, 0) is 23.1 Å². The van der Waals surface area contributed by atoms with Crippen molar-refractivity contribution in [2.45, 2.75) is 24.9 Å². The van der Waals surface area contributed by atoms with Crippen molar-refractivity contribution in [3.05, 3.63) is 47.7 Å². The van der Waals surface area contributed by atoms with Crippen molar-refractivity contribution in [1.82, 2.24) is 14.6 Å². The fourth-order valence-corrected chi connectivity index (χ4v) is 3.38. The van der Waals surface area contributed by atoms with Gasteiger partial charge < -0.3 is 9.73 Å². The number of pyridine rings is 1. The van der Waals surface area contributed by atoms with Crippen molar-refractivity contribution in [3.8, 4) is 0 Å². The van der Waals surface area contributed by atoms with Gasteiger partial charge in [0.15, 0.2) is 0 Å². The molecular formula is C14H19N3O3S. The summed E-state index contributed by atoms with van der Waals surface area (Å²) in [5.74, 6) is 1.00. The zero-order valence-electron chi connectivity index (χ0n) is 12.3. The second kappa shape index (κ2) is 6.38. The fourth-order valence-electron chi connectivity index (χ4n) is 2.04. The van der Waals surface area contributed by atoms with Gasteiger partial charge in [-0.2, -0.15) is 4.31 Å². The highest BCUT2D eigenvalue weighted by molar-refractivity contribution is 7.89. The SMILES string of the molecule is CNCc1cc(S(=O)(=O)N(C)Cc2cccnc2)c(C)o1. The molecule has 0 spiro atoms. The molecule has 114 valence electrons. The third-order valence-electron chi connectivity index (χ3n) is 3.09. The van der Waals surface area contributed by atoms with E-state index in [4.69, 9.17) is 4.42 Å². The Kier molecular flexibility index (Phi) is 4.76. The summed E-state index contributed by atoms with van der Waals surface area (Å²) in [4.78, 5) is 4.20. The van der Waals surface area contributed by atoms with E-state index >= 15 is 0 Å². The van der Waals surface area contributed by atoms with E-state index in [-0.39, 0.29) is 11.4 Å². The van der Waals surface area contributed by atoms with E-state index in [1.165, 1.54) is 4.31 Å². The average Bonchev–Trinajstić information content (AvgIpc) is 2.82. The van der Waals surface area contributed by atoms with Gasteiger partial charge in [0.1, 0.15) is 16.4 Å². The van der Waals surface area contributed by atoms with Crippen molar-refractivity contribution >= 4 is 10.0 Å². The normalized spacial score (nSPS) is 12.0. The van der Waals surface area contributed by atoms with Gasteiger partial charge in [0, 0.05) is 32.1 Å². The Balaban J connectivity index is 2.24. The quantitative estimate of drug-likeness (QED) is 0.875. The molecule has 0 atom stereocenters. The lowest BCUT2D eigenvalue weighted by atomic mass is 10.3. The van der Waals surface area contributed by atoms with Gasteiger partial charge in [-0.3, -0.25) is 4.98 Å². The van der Waals surface area contributed by atoms with Crippen LogP contribution in [0.3, 0.4) is 0 Å². The van der Waals surface area contributed by atoms with Crippen molar-refractivity contribution in [2.24, 2.45) is 0 Å². The first kappa shape index (κ1) is 15.7. The van der Waals surface area contributed by atoms with Gasteiger partial charge in [-0.05, 0) is 25.6 Å². The van der Waals surface area contributed by atoms with E-state index in [1.807, 2.05) is 6.07 Å². The van der Waals surface area contributed by atoms with Crippen LogP contribution in [0.5, 0.6) is 0 Å². The highest BCUT2D eigenvalue weighted by Crippen LogP contribution is 2.23. The number of sulfonamides is 1. The van der Waals surface area contributed by atoms with Crippen molar-refractivity contribution in [1.29, 1.82) is 0 Å². The number of hydrogen-bond acceptors (Lipinski definition) is 5. The lowest BCUT2D eigenvalue weighted by Crippen LogP contribution is -2.26. The topological polar surface area (TPSA) is 75.4 Å². The maximum Gasteiger partial charge on any atom is 0.246 e. The molecule has 0 saturated heterocycles. The molecule has 2 rings (SSSR count). The Labute approximate surface area is 124 Å². The molecule has 7 heteroatoms. The third-order valence-corrected chi connectivity index (χ3v) is 5.00. The molecule has 1 N–H and O–H groups in total. The molecule has 0 aliphatic carbocycles. The molecule has 2 aromatic heterocycles. The first-order valence-corrected chi connectivity index (χ1v) is 7.98. The van der Waals surface area contributed by atoms with Crippen LogP contribution in [0.4, 0.5) is 0 Å².